The van der Waals surface area contributed by atoms with E-state index in [4.69, 9.17) is 10.2 Å². The summed E-state index contributed by atoms with van der Waals surface area (Å²) in [6.07, 6.45) is 2.25. The number of aliphatic hydroxyl groups is 2. The van der Waals surface area contributed by atoms with E-state index in [1.165, 1.54) is 6.54 Å². The summed E-state index contributed by atoms with van der Waals surface area (Å²) >= 11 is 0. The smallest absolute Gasteiger partial charge is 0.0483 e. The van der Waals surface area contributed by atoms with E-state index >= 15 is 0 Å². The quantitative estimate of drug-likeness (QED) is 0.718. The fourth-order valence-electron chi connectivity index (χ4n) is 2.48. The molecule has 0 aromatic heterocycles. The Hall–Kier alpha value is -0.120. The average Bonchev–Trinajstić information content (AvgIpc) is 2.21. The van der Waals surface area contributed by atoms with Crippen LogP contribution in [-0.2, 0) is 0 Å². The van der Waals surface area contributed by atoms with Crippen molar-refractivity contribution in [3.63, 3.8) is 0 Å². The molecule has 1 saturated heterocycles. The van der Waals surface area contributed by atoms with Gasteiger partial charge in [-0.25, -0.2) is 0 Å². The van der Waals surface area contributed by atoms with Crippen molar-refractivity contribution in [2.24, 2.45) is 17.8 Å². The van der Waals surface area contributed by atoms with Crippen molar-refractivity contribution in [1.29, 1.82) is 0 Å². The SMILES string of the molecule is CC(C)CN1CCC(C(CO)CO)CC1. The Morgan fingerprint density at radius 1 is 1.13 bits per heavy atom. The van der Waals surface area contributed by atoms with E-state index in [-0.39, 0.29) is 19.1 Å². The van der Waals surface area contributed by atoms with Gasteiger partial charge in [-0.3, -0.25) is 0 Å². The van der Waals surface area contributed by atoms with Gasteiger partial charge in [-0.15, -0.1) is 0 Å². The van der Waals surface area contributed by atoms with Crippen LogP contribution in [0.2, 0.25) is 0 Å². The largest absolute Gasteiger partial charge is 0.396 e. The van der Waals surface area contributed by atoms with Gasteiger partial charge in [0.15, 0.2) is 0 Å². The van der Waals surface area contributed by atoms with Gasteiger partial charge in [-0.2, -0.15) is 0 Å². The van der Waals surface area contributed by atoms with E-state index in [1.54, 1.807) is 0 Å². The third-order valence-corrected chi connectivity index (χ3v) is 3.39. The van der Waals surface area contributed by atoms with Crippen molar-refractivity contribution < 1.29 is 10.2 Å². The molecule has 0 radical (unpaired) electrons. The lowest BCUT2D eigenvalue weighted by Gasteiger charge is -2.35. The van der Waals surface area contributed by atoms with Gasteiger partial charge in [0.05, 0.1) is 0 Å². The first kappa shape index (κ1) is 12.9. The molecule has 1 rings (SSSR count). The van der Waals surface area contributed by atoms with Crippen molar-refractivity contribution in [1.82, 2.24) is 4.90 Å². The molecule has 2 N–H and O–H groups in total. The molecule has 1 heterocycles. The summed E-state index contributed by atoms with van der Waals surface area (Å²) in [4.78, 5) is 2.49. The number of hydrogen-bond acceptors (Lipinski definition) is 3. The van der Waals surface area contributed by atoms with Crippen molar-refractivity contribution in [2.45, 2.75) is 26.7 Å². The molecule has 0 aromatic carbocycles. The number of likely N-dealkylation sites (tertiary alicyclic amines) is 1. The van der Waals surface area contributed by atoms with Crippen molar-refractivity contribution in [3.05, 3.63) is 0 Å². The van der Waals surface area contributed by atoms with Crippen LogP contribution in [0.15, 0.2) is 0 Å². The predicted octanol–water partition coefficient (Wildman–Crippen LogP) is 0.955. The molecule has 0 bridgehead atoms. The Morgan fingerprint density at radius 3 is 2.07 bits per heavy atom. The molecule has 0 aliphatic carbocycles. The van der Waals surface area contributed by atoms with Crippen LogP contribution in [0, 0.1) is 17.8 Å². The van der Waals surface area contributed by atoms with Crippen LogP contribution in [-0.4, -0.2) is 48.0 Å². The summed E-state index contributed by atoms with van der Waals surface area (Å²) in [6, 6.07) is 0. The molecule has 1 fully saturated rings. The molecule has 0 unspecified atom stereocenters. The van der Waals surface area contributed by atoms with E-state index in [0.29, 0.717) is 5.92 Å². The zero-order valence-corrected chi connectivity index (χ0v) is 10.0. The first-order valence-electron chi connectivity index (χ1n) is 6.11. The highest BCUT2D eigenvalue weighted by Crippen LogP contribution is 2.24. The van der Waals surface area contributed by atoms with Crippen LogP contribution >= 0.6 is 0 Å². The lowest BCUT2D eigenvalue weighted by Crippen LogP contribution is -2.39. The first-order chi connectivity index (χ1) is 7.17. The maximum atomic E-state index is 9.12. The summed E-state index contributed by atoms with van der Waals surface area (Å²) in [6.45, 7) is 8.18. The third kappa shape index (κ3) is 4.09. The van der Waals surface area contributed by atoms with Gasteiger partial charge in [0.2, 0.25) is 0 Å². The number of piperidine rings is 1. The first-order valence-corrected chi connectivity index (χ1v) is 6.11. The van der Waals surface area contributed by atoms with Crippen LogP contribution in [0.1, 0.15) is 26.7 Å². The minimum atomic E-state index is 0.103. The normalized spacial score (nSPS) is 20.4. The Kier molecular flexibility index (Phi) is 5.58. The van der Waals surface area contributed by atoms with Gasteiger partial charge in [0.1, 0.15) is 0 Å². The molecule has 0 atom stereocenters. The second kappa shape index (κ2) is 6.46. The zero-order chi connectivity index (χ0) is 11.3. The second-order valence-corrected chi connectivity index (χ2v) is 5.16. The van der Waals surface area contributed by atoms with E-state index in [1.807, 2.05) is 0 Å². The van der Waals surface area contributed by atoms with E-state index in [2.05, 4.69) is 18.7 Å². The van der Waals surface area contributed by atoms with Gasteiger partial charge in [-0.05, 0) is 37.8 Å². The summed E-state index contributed by atoms with van der Waals surface area (Å²) < 4.78 is 0. The van der Waals surface area contributed by atoms with E-state index < -0.39 is 0 Å². The van der Waals surface area contributed by atoms with Crippen LogP contribution in [0.25, 0.3) is 0 Å². The minimum absolute atomic E-state index is 0.103. The number of rotatable bonds is 5. The maximum absolute atomic E-state index is 9.12. The van der Waals surface area contributed by atoms with Gasteiger partial charge < -0.3 is 15.1 Å². The topological polar surface area (TPSA) is 43.7 Å². The molecule has 0 spiro atoms. The molecule has 90 valence electrons. The number of aliphatic hydroxyl groups excluding tert-OH is 2. The molecule has 3 heteroatoms. The predicted molar refractivity (Wildman–Crippen MR) is 61.7 cm³/mol. The van der Waals surface area contributed by atoms with E-state index in [0.717, 1.165) is 31.8 Å². The van der Waals surface area contributed by atoms with Crippen LogP contribution in [0.3, 0.4) is 0 Å². The maximum Gasteiger partial charge on any atom is 0.0483 e. The van der Waals surface area contributed by atoms with E-state index in [9.17, 15) is 0 Å². The molecular formula is C12H25NO2. The second-order valence-electron chi connectivity index (χ2n) is 5.16. The Bertz CT molecular complexity index is 161. The highest BCUT2D eigenvalue weighted by molar-refractivity contribution is 4.77. The van der Waals surface area contributed by atoms with Crippen LogP contribution < -0.4 is 0 Å². The van der Waals surface area contributed by atoms with Crippen molar-refractivity contribution >= 4 is 0 Å². The third-order valence-electron chi connectivity index (χ3n) is 3.39. The molecular weight excluding hydrogens is 190 g/mol. The molecule has 0 amide bonds. The standard InChI is InChI=1S/C12H25NO2/c1-10(2)7-13-5-3-11(4-6-13)12(8-14)9-15/h10-12,14-15H,3-9H2,1-2H3. The Labute approximate surface area is 93.1 Å². The molecule has 15 heavy (non-hydrogen) atoms. The summed E-state index contributed by atoms with van der Waals surface area (Å²) in [7, 11) is 0. The van der Waals surface area contributed by atoms with Crippen LogP contribution in [0.4, 0.5) is 0 Å². The van der Waals surface area contributed by atoms with Gasteiger partial charge >= 0.3 is 0 Å². The van der Waals surface area contributed by atoms with Crippen LogP contribution in [0.5, 0.6) is 0 Å². The minimum Gasteiger partial charge on any atom is -0.396 e. The average molecular weight is 215 g/mol. The van der Waals surface area contributed by atoms with Crippen molar-refractivity contribution in [3.8, 4) is 0 Å². The fourth-order valence-corrected chi connectivity index (χ4v) is 2.48. The number of hydrogen-bond donors (Lipinski definition) is 2. The lowest BCUT2D eigenvalue weighted by molar-refractivity contribution is 0.0637. The number of nitrogens with zero attached hydrogens (tertiary/aromatic N) is 1. The highest BCUT2D eigenvalue weighted by Gasteiger charge is 2.25. The molecule has 1 aliphatic heterocycles. The monoisotopic (exact) mass is 215 g/mol. The summed E-state index contributed by atoms with van der Waals surface area (Å²) in [5.74, 6) is 1.35. The summed E-state index contributed by atoms with van der Waals surface area (Å²) in [5, 5.41) is 18.2. The van der Waals surface area contributed by atoms with Gasteiger partial charge in [0, 0.05) is 25.7 Å². The Morgan fingerprint density at radius 2 is 1.67 bits per heavy atom. The highest BCUT2D eigenvalue weighted by atomic mass is 16.3. The zero-order valence-electron chi connectivity index (χ0n) is 10.0. The van der Waals surface area contributed by atoms with Crippen molar-refractivity contribution in [2.75, 3.05) is 32.8 Å². The van der Waals surface area contributed by atoms with Gasteiger partial charge in [-0.1, -0.05) is 13.8 Å². The molecule has 0 aromatic rings. The summed E-state index contributed by atoms with van der Waals surface area (Å²) in [5.41, 5.74) is 0. The lowest BCUT2D eigenvalue weighted by atomic mass is 9.85. The molecule has 1 aliphatic rings. The van der Waals surface area contributed by atoms with Gasteiger partial charge in [0.25, 0.3) is 0 Å². The fraction of sp³-hybridized carbons (Fsp3) is 1.00. The molecule has 3 nitrogen and oxygen atoms in total. The Balaban J connectivity index is 2.28. The molecule has 0 saturated carbocycles.